The van der Waals surface area contributed by atoms with Crippen molar-refractivity contribution in [3.63, 3.8) is 0 Å². The summed E-state index contributed by atoms with van der Waals surface area (Å²) in [4.78, 5) is 33.1. The number of halogens is 1. The summed E-state index contributed by atoms with van der Waals surface area (Å²) < 4.78 is 11.7. The number of thioether (sulfide) groups is 1. The first-order valence-electron chi connectivity index (χ1n) is 9.43. The summed E-state index contributed by atoms with van der Waals surface area (Å²) in [5.74, 6) is -0.250. The topological polar surface area (TPSA) is 99.1 Å². The number of aryl methyl sites for hydroxylation is 1. The number of nitrogens with one attached hydrogen (secondary N) is 1. The fraction of sp³-hybridized carbons (Fsp3) is 0.429. The summed E-state index contributed by atoms with van der Waals surface area (Å²) in [7, 11) is 1.39. The monoisotopic (exact) mass is 559 g/mol. The molecule has 0 fully saturated rings. The van der Waals surface area contributed by atoms with Gasteiger partial charge < -0.3 is 19.6 Å². The number of oxime groups is 1. The maximum absolute atomic E-state index is 12.8. The number of carbonyl (C=O) groups is 2. The van der Waals surface area contributed by atoms with Crippen LogP contribution in [0.3, 0.4) is 0 Å². The lowest BCUT2D eigenvalue weighted by Gasteiger charge is -2.27. The van der Waals surface area contributed by atoms with Gasteiger partial charge in [-0.05, 0) is 73.4 Å². The molecule has 1 N–H and O–H groups in total. The van der Waals surface area contributed by atoms with Crippen LogP contribution in [0.1, 0.15) is 25.8 Å². The lowest BCUT2D eigenvalue weighted by molar-refractivity contribution is -0.147. The summed E-state index contributed by atoms with van der Waals surface area (Å²) in [5.41, 5.74) is 0.530. The summed E-state index contributed by atoms with van der Waals surface area (Å²) in [5, 5.41) is 7.52. The summed E-state index contributed by atoms with van der Waals surface area (Å²) in [6.07, 6.45) is 5.42. The van der Waals surface area contributed by atoms with Gasteiger partial charge >= 0.3 is 5.97 Å². The Bertz CT molecular complexity index is 967. The number of carbonyl (C=O) groups excluding carboxylic acids is 2. The SMILES string of the molecule is COCC(=O)ON=CCC(C)(C)NC(=O)C(Oc1cc(C)c2ncc(I)cc2c1)SC. The molecule has 2 rings (SSSR count). The van der Waals surface area contributed by atoms with Gasteiger partial charge in [0, 0.05) is 40.4 Å². The molecule has 1 unspecified atom stereocenters. The molecule has 8 nitrogen and oxygen atoms in total. The van der Waals surface area contributed by atoms with E-state index in [-0.39, 0.29) is 12.5 Å². The smallest absolute Gasteiger partial charge is 0.360 e. The van der Waals surface area contributed by atoms with Gasteiger partial charge in [-0.15, -0.1) is 11.8 Å². The number of pyridine rings is 1. The fourth-order valence-corrected chi connectivity index (χ4v) is 3.68. The number of hydrogen-bond acceptors (Lipinski definition) is 8. The first-order valence-corrected chi connectivity index (χ1v) is 11.8. The Kier molecular flexibility index (Phi) is 9.51. The van der Waals surface area contributed by atoms with E-state index in [1.165, 1.54) is 25.1 Å². The molecule has 0 aliphatic heterocycles. The van der Waals surface area contributed by atoms with Crippen molar-refractivity contribution in [2.24, 2.45) is 5.16 Å². The van der Waals surface area contributed by atoms with Crippen LogP contribution in [0.2, 0.25) is 0 Å². The van der Waals surface area contributed by atoms with Gasteiger partial charge in [0.25, 0.3) is 5.91 Å². The highest BCUT2D eigenvalue weighted by Gasteiger charge is 2.26. The van der Waals surface area contributed by atoms with E-state index < -0.39 is 16.9 Å². The van der Waals surface area contributed by atoms with E-state index in [0.717, 1.165) is 20.0 Å². The zero-order valence-electron chi connectivity index (χ0n) is 18.1. The molecule has 0 radical (unpaired) electrons. The van der Waals surface area contributed by atoms with Crippen LogP contribution < -0.4 is 10.1 Å². The van der Waals surface area contributed by atoms with Gasteiger partial charge in [0.05, 0.1) is 5.52 Å². The van der Waals surface area contributed by atoms with Crippen molar-refractivity contribution in [2.45, 2.75) is 38.2 Å². The van der Waals surface area contributed by atoms with Crippen LogP contribution in [0.4, 0.5) is 0 Å². The molecule has 0 saturated carbocycles. The quantitative estimate of drug-likeness (QED) is 0.156. The van der Waals surface area contributed by atoms with Gasteiger partial charge in [-0.1, -0.05) is 5.16 Å². The second-order valence-electron chi connectivity index (χ2n) is 7.41. The maximum atomic E-state index is 12.8. The number of rotatable bonds is 10. The van der Waals surface area contributed by atoms with Gasteiger partial charge in [0.15, 0.2) is 0 Å². The van der Waals surface area contributed by atoms with Gasteiger partial charge in [-0.25, -0.2) is 4.79 Å². The van der Waals surface area contributed by atoms with Crippen molar-refractivity contribution >= 4 is 63.3 Å². The fourth-order valence-electron chi connectivity index (χ4n) is 2.72. The average Bonchev–Trinajstić information content (AvgIpc) is 2.69. The molecule has 0 spiro atoms. The maximum Gasteiger partial charge on any atom is 0.360 e. The minimum absolute atomic E-state index is 0.173. The number of fused-ring (bicyclic) bond motifs is 1. The zero-order valence-corrected chi connectivity index (χ0v) is 21.1. The minimum atomic E-state index is -0.733. The highest BCUT2D eigenvalue weighted by Crippen LogP contribution is 2.27. The average molecular weight is 559 g/mol. The van der Waals surface area contributed by atoms with Gasteiger partial charge in [-0.2, -0.15) is 0 Å². The Balaban J connectivity index is 2.02. The standard InChI is InChI=1S/C21H26IN3O5S/c1-13-8-16(10-14-9-15(22)11-23-18(13)14)29-20(31-5)19(27)25-21(2,3)6-7-24-30-17(26)12-28-4/h7-11,20H,6,12H2,1-5H3,(H,25,27). The predicted molar refractivity (Wildman–Crippen MR) is 130 cm³/mol. The van der Waals surface area contributed by atoms with E-state index in [9.17, 15) is 9.59 Å². The van der Waals surface area contributed by atoms with Crippen molar-refractivity contribution in [3.05, 3.63) is 33.5 Å². The number of methoxy groups -OCH3 is 1. The number of ether oxygens (including phenoxy) is 2. The van der Waals surface area contributed by atoms with Crippen LogP contribution in [0, 0.1) is 10.5 Å². The highest BCUT2D eigenvalue weighted by molar-refractivity contribution is 14.1. The van der Waals surface area contributed by atoms with Crippen LogP contribution in [-0.2, 0) is 19.2 Å². The van der Waals surface area contributed by atoms with Crippen LogP contribution in [-0.4, -0.2) is 54.0 Å². The lowest BCUT2D eigenvalue weighted by Crippen LogP contribution is -2.48. The molecule has 1 amide bonds. The Morgan fingerprint density at radius 3 is 2.77 bits per heavy atom. The molecule has 1 atom stereocenters. The molecule has 31 heavy (non-hydrogen) atoms. The summed E-state index contributed by atoms with van der Waals surface area (Å²) >= 11 is 3.51. The van der Waals surface area contributed by atoms with Crippen LogP contribution in [0.25, 0.3) is 10.9 Å². The van der Waals surface area contributed by atoms with Gasteiger partial charge in [-0.3, -0.25) is 9.78 Å². The molecule has 1 heterocycles. The highest BCUT2D eigenvalue weighted by atomic mass is 127. The first kappa shape index (κ1) is 25.3. The van der Waals surface area contributed by atoms with Crippen molar-refractivity contribution in [2.75, 3.05) is 20.0 Å². The van der Waals surface area contributed by atoms with E-state index in [1.807, 2.05) is 51.4 Å². The summed E-state index contributed by atoms with van der Waals surface area (Å²) in [6.45, 7) is 5.48. The molecule has 10 heteroatoms. The van der Waals surface area contributed by atoms with Crippen molar-refractivity contribution < 1.29 is 23.9 Å². The van der Waals surface area contributed by atoms with E-state index in [0.29, 0.717) is 12.2 Å². The first-order chi connectivity index (χ1) is 14.6. The van der Waals surface area contributed by atoms with Crippen LogP contribution in [0.5, 0.6) is 5.75 Å². The zero-order chi connectivity index (χ0) is 23.0. The third kappa shape index (κ3) is 7.93. The van der Waals surface area contributed by atoms with Crippen LogP contribution in [0.15, 0.2) is 29.6 Å². The van der Waals surface area contributed by atoms with E-state index in [4.69, 9.17) is 4.74 Å². The third-order valence-electron chi connectivity index (χ3n) is 4.14. The second-order valence-corrected chi connectivity index (χ2v) is 9.56. The number of aromatic nitrogens is 1. The van der Waals surface area contributed by atoms with Crippen molar-refractivity contribution in [1.82, 2.24) is 10.3 Å². The largest absolute Gasteiger partial charge is 0.470 e. The van der Waals surface area contributed by atoms with Gasteiger partial charge in [0.2, 0.25) is 5.44 Å². The van der Waals surface area contributed by atoms with Gasteiger partial charge in [0.1, 0.15) is 12.4 Å². The second kappa shape index (κ2) is 11.6. The summed E-state index contributed by atoms with van der Waals surface area (Å²) in [6, 6.07) is 5.80. The van der Waals surface area contributed by atoms with E-state index >= 15 is 0 Å². The Morgan fingerprint density at radius 2 is 2.10 bits per heavy atom. The van der Waals surface area contributed by atoms with Crippen molar-refractivity contribution in [3.8, 4) is 5.75 Å². The Morgan fingerprint density at radius 1 is 1.35 bits per heavy atom. The van der Waals surface area contributed by atoms with E-state index in [2.05, 4.69) is 47.6 Å². The Hall–Kier alpha value is -1.92. The molecule has 1 aromatic carbocycles. The molecule has 0 saturated heterocycles. The number of amides is 1. The van der Waals surface area contributed by atoms with E-state index in [1.54, 1.807) is 0 Å². The third-order valence-corrected chi connectivity index (χ3v) is 5.47. The predicted octanol–water partition coefficient (Wildman–Crippen LogP) is 3.68. The normalized spacial score (nSPS) is 12.7. The molecule has 0 aliphatic rings. The lowest BCUT2D eigenvalue weighted by atomic mass is 10.0. The Labute approximate surface area is 199 Å². The molecule has 1 aromatic heterocycles. The van der Waals surface area contributed by atoms with Crippen LogP contribution >= 0.6 is 34.4 Å². The molecular weight excluding hydrogens is 533 g/mol. The molecule has 0 aliphatic carbocycles. The van der Waals surface area contributed by atoms with Crippen molar-refractivity contribution in [1.29, 1.82) is 0 Å². The minimum Gasteiger partial charge on any atom is -0.470 e. The molecule has 2 aromatic rings. The molecular formula is C21H26IN3O5S. The molecule has 168 valence electrons. The number of benzene rings is 1. The number of nitrogens with zero attached hydrogens (tertiary/aromatic N) is 2. The number of hydrogen-bond donors (Lipinski definition) is 1. The molecule has 0 bridgehead atoms.